The molecule has 0 bridgehead atoms. The first-order valence-corrected chi connectivity index (χ1v) is 5.46. The van der Waals surface area contributed by atoms with E-state index in [1.807, 2.05) is 0 Å². The van der Waals surface area contributed by atoms with Gasteiger partial charge in [0.05, 0.1) is 6.07 Å². The van der Waals surface area contributed by atoms with Crippen LogP contribution >= 0.6 is 0 Å². The molecule has 0 radical (unpaired) electrons. The molecule has 0 aromatic rings. The SMILES string of the molecule is CNC(C)(C#N)CCCN1C(=O)CCC1=O. The molecule has 0 aliphatic carbocycles. The van der Waals surface area contributed by atoms with Crippen LogP contribution in [0.1, 0.15) is 32.6 Å². The maximum absolute atomic E-state index is 11.3. The molecule has 1 heterocycles. The number of nitrogens with zero attached hydrogens (tertiary/aromatic N) is 2. The number of carbonyl (C=O) groups is 2. The van der Waals surface area contributed by atoms with Gasteiger partial charge in [0.1, 0.15) is 5.54 Å². The number of amides is 2. The van der Waals surface area contributed by atoms with Crippen LogP contribution in [0.15, 0.2) is 0 Å². The van der Waals surface area contributed by atoms with Crippen LogP contribution in [-0.2, 0) is 9.59 Å². The summed E-state index contributed by atoms with van der Waals surface area (Å²) in [5.41, 5.74) is -0.578. The van der Waals surface area contributed by atoms with Crippen molar-refractivity contribution in [3.05, 3.63) is 0 Å². The molecular formula is C11H17N3O2. The van der Waals surface area contributed by atoms with Crippen LogP contribution in [0.3, 0.4) is 0 Å². The minimum Gasteiger partial charge on any atom is -0.303 e. The molecule has 1 fully saturated rings. The summed E-state index contributed by atoms with van der Waals surface area (Å²) in [6.45, 7) is 2.23. The van der Waals surface area contributed by atoms with Crippen molar-refractivity contribution in [2.45, 2.75) is 38.1 Å². The summed E-state index contributed by atoms with van der Waals surface area (Å²) in [7, 11) is 1.73. The Labute approximate surface area is 95.4 Å². The Hall–Kier alpha value is -1.41. The third-order valence-corrected chi connectivity index (χ3v) is 3.01. The molecule has 88 valence electrons. The van der Waals surface area contributed by atoms with Crippen molar-refractivity contribution >= 4 is 11.8 Å². The molecule has 5 heteroatoms. The van der Waals surface area contributed by atoms with E-state index in [-0.39, 0.29) is 11.8 Å². The zero-order valence-electron chi connectivity index (χ0n) is 9.75. The first-order valence-electron chi connectivity index (χ1n) is 5.46. The summed E-state index contributed by atoms with van der Waals surface area (Å²) in [6, 6.07) is 2.18. The predicted molar refractivity (Wildman–Crippen MR) is 58.3 cm³/mol. The van der Waals surface area contributed by atoms with E-state index in [4.69, 9.17) is 5.26 Å². The Morgan fingerprint density at radius 1 is 1.44 bits per heavy atom. The Kier molecular flexibility index (Phi) is 4.02. The van der Waals surface area contributed by atoms with E-state index < -0.39 is 5.54 Å². The van der Waals surface area contributed by atoms with Gasteiger partial charge >= 0.3 is 0 Å². The van der Waals surface area contributed by atoms with Crippen molar-refractivity contribution in [1.82, 2.24) is 10.2 Å². The average Bonchev–Trinajstić information content (AvgIpc) is 2.60. The van der Waals surface area contributed by atoms with Crippen LogP contribution < -0.4 is 5.32 Å². The molecule has 0 spiro atoms. The molecule has 1 atom stereocenters. The molecule has 2 amide bonds. The lowest BCUT2D eigenvalue weighted by Gasteiger charge is -2.22. The second-order valence-electron chi connectivity index (χ2n) is 4.24. The van der Waals surface area contributed by atoms with Crippen molar-refractivity contribution in [2.24, 2.45) is 0 Å². The highest BCUT2D eigenvalue weighted by atomic mass is 16.2. The lowest BCUT2D eigenvalue weighted by molar-refractivity contribution is -0.138. The molecule has 1 aliphatic heterocycles. The summed E-state index contributed by atoms with van der Waals surface area (Å²) in [5.74, 6) is -0.179. The molecule has 1 unspecified atom stereocenters. The van der Waals surface area contributed by atoms with Gasteiger partial charge in [0.25, 0.3) is 0 Å². The Morgan fingerprint density at radius 2 is 2.00 bits per heavy atom. The summed E-state index contributed by atoms with van der Waals surface area (Å²) in [4.78, 5) is 23.9. The maximum atomic E-state index is 11.3. The molecule has 0 aromatic carbocycles. The summed E-state index contributed by atoms with van der Waals surface area (Å²) >= 11 is 0. The first-order chi connectivity index (χ1) is 7.52. The average molecular weight is 223 g/mol. The number of hydrogen-bond donors (Lipinski definition) is 1. The number of hydrogen-bond acceptors (Lipinski definition) is 4. The van der Waals surface area contributed by atoms with Gasteiger partial charge in [0, 0.05) is 19.4 Å². The topological polar surface area (TPSA) is 73.2 Å². The Balaban J connectivity index is 2.39. The number of imide groups is 1. The Morgan fingerprint density at radius 3 is 2.44 bits per heavy atom. The summed E-state index contributed by atoms with van der Waals surface area (Å²) < 4.78 is 0. The van der Waals surface area contributed by atoms with E-state index >= 15 is 0 Å². The minimum atomic E-state index is -0.578. The van der Waals surface area contributed by atoms with Crippen LogP contribution in [0.2, 0.25) is 0 Å². The van der Waals surface area contributed by atoms with Crippen LogP contribution in [0.4, 0.5) is 0 Å². The van der Waals surface area contributed by atoms with E-state index in [9.17, 15) is 9.59 Å². The largest absolute Gasteiger partial charge is 0.303 e. The van der Waals surface area contributed by atoms with E-state index in [2.05, 4.69) is 11.4 Å². The smallest absolute Gasteiger partial charge is 0.229 e. The van der Waals surface area contributed by atoms with E-state index in [0.717, 1.165) is 0 Å². The maximum Gasteiger partial charge on any atom is 0.229 e. The van der Waals surface area contributed by atoms with Gasteiger partial charge in [0.15, 0.2) is 0 Å². The molecule has 1 N–H and O–H groups in total. The van der Waals surface area contributed by atoms with Crippen molar-refractivity contribution in [1.29, 1.82) is 5.26 Å². The fourth-order valence-corrected chi connectivity index (χ4v) is 1.70. The van der Waals surface area contributed by atoms with Gasteiger partial charge in [-0.3, -0.25) is 14.5 Å². The van der Waals surface area contributed by atoms with Gasteiger partial charge in [-0.05, 0) is 26.8 Å². The molecule has 0 saturated carbocycles. The lowest BCUT2D eigenvalue weighted by Crippen LogP contribution is -2.39. The van der Waals surface area contributed by atoms with Crippen LogP contribution in [0.25, 0.3) is 0 Å². The standard InChI is InChI=1S/C11H17N3O2/c1-11(8-12,13-2)6-3-7-14-9(15)4-5-10(14)16/h13H,3-7H2,1-2H3. The third kappa shape index (κ3) is 2.80. The lowest BCUT2D eigenvalue weighted by atomic mass is 9.98. The van der Waals surface area contributed by atoms with Crippen molar-refractivity contribution < 1.29 is 9.59 Å². The zero-order valence-corrected chi connectivity index (χ0v) is 9.75. The number of nitrogens with one attached hydrogen (secondary N) is 1. The second-order valence-corrected chi connectivity index (χ2v) is 4.24. The van der Waals surface area contributed by atoms with Gasteiger partial charge in [-0.15, -0.1) is 0 Å². The molecule has 1 aliphatic rings. The minimum absolute atomic E-state index is 0.0897. The quantitative estimate of drug-likeness (QED) is 0.685. The van der Waals surface area contributed by atoms with Gasteiger partial charge in [0.2, 0.25) is 11.8 Å². The van der Waals surface area contributed by atoms with Crippen molar-refractivity contribution in [2.75, 3.05) is 13.6 Å². The monoisotopic (exact) mass is 223 g/mol. The normalized spacial score (nSPS) is 19.7. The highest BCUT2D eigenvalue weighted by Gasteiger charge is 2.29. The van der Waals surface area contributed by atoms with Crippen LogP contribution in [0.5, 0.6) is 0 Å². The van der Waals surface area contributed by atoms with Crippen molar-refractivity contribution in [3.63, 3.8) is 0 Å². The van der Waals surface area contributed by atoms with Gasteiger partial charge in [-0.1, -0.05) is 0 Å². The van der Waals surface area contributed by atoms with E-state index in [1.54, 1.807) is 14.0 Å². The molecule has 0 aromatic heterocycles. The van der Waals surface area contributed by atoms with Crippen LogP contribution in [0, 0.1) is 11.3 Å². The number of carbonyl (C=O) groups excluding carboxylic acids is 2. The molecule has 1 rings (SSSR count). The van der Waals surface area contributed by atoms with E-state index in [0.29, 0.717) is 32.2 Å². The molecular weight excluding hydrogens is 206 g/mol. The predicted octanol–water partition coefficient (Wildman–Crippen LogP) is 0.417. The summed E-state index contributed by atoms with van der Waals surface area (Å²) in [6.07, 6.45) is 1.94. The van der Waals surface area contributed by atoms with Crippen LogP contribution in [-0.4, -0.2) is 35.8 Å². The van der Waals surface area contributed by atoms with E-state index in [1.165, 1.54) is 4.90 Å². The van der Waals surface area contributed by atoms with Gasteiger partial charge in [-0.2, -0.15) is 5.26 Å². The van der Waals surface area contributed by atoms with Gasteiger partial charge in [-0.25, -0.2) is 0 Å². The highest BCUT2D eigenvalue weighted by molar-refractivity contribution is 6.01. The first kappa shape index (κ1) is 12.7. The second kappa shape index (κ2) is 5.08. The number of likely N-dealkylation sites (tertiary alicyclic amines) is 1. The zero-order chi connectivity index (χ0) is 12.2. The number of rotatable bonds is 5. The van der Waals surface area contributed by atoms with Crippen molar-refractivity contribution in [3.8, 4) is 6.07 Å². The fraction of sp³-hybridized carbons (Fsp3) is 0.727. The van der Waals surface area contributed by atoms with Gasteiger partial charge < -0.3 is 5.32 Å². The Bertz CT molecular complexity index is 319. The highest BCUT2D eigenvalue weighted by Crippen LogP contribution is 2.15. The fourth-order valence-electron chi connectivity index (χ4n) is 1.70. The number of nitriles is 1. The summed E-state index contributed by atoms with van der Waals surface area (Å²) in [5, 5.41) is 11.8. The molecule has 16 heavy (non-hydrogen) atoms. The third-order valence-electron chi connectivity index (χ3n) is 3.01. The molecule has 5 nitrogen and oxygen atoms in total. The molecule has 1 saturated heterocycles.